The number of benzene rings is 2. The minimum atomic E-state index is -2.62. The maximum atomic E-state index is 7.33. The first-order chi connectivity index (χ1) is 17.9. The van der Waals surface area contributed by atoms with Gasteiger partial charge in [-0.15, -0.1) is 0 Å². The van der Waals surface area contributed by atoms with E-state index in [0.717, 1.165) is 25.7 Å². The van der Waals surface area contributed by atoms with Crippen molar-refractivity contribution in [3.63, 3.8) is 0 Å². The fourth-order valence-corrected chi connectivity index (χ4v) is 11.9. The molecule has 0 saturated carbocycles. The molecule has 37 heavy (non-hydrogen) atoms. The highest BCUT2D eigenvalue weighted by molar-refractivity contribution is 6.99. The zero-order chi connectivity index (χ0) is 25.7. The molecule has 0 unspecified atom stereocenters. The van der Waals surface area contributed by atoms with Crippen molar-refractivity contribution in [2.45, 2.75) is 69.8 Å². The molecule has 4 bridgehead atoms. The van der Waals surface area contributed by atoms with E-state index in [1.807, 2.05) is 12.5 Å². The molecular formula is C32H38O4Si. The van der Waals surface area contributed by atoms with Crippen molar-refractivity contribution in [3.05, 3.63) is 96.0 Å². The van der Waals surface area contributed by atoms with E-state index in [9.17, 15) is 0 Å². The summed E-state index contributed by atoms with van der Waals surface area (Å²) in [6, 6.07) is 21.8. The third-order valence-electron chi connectivity index (χ3n) is 8.99. The number of fused-ring (bicyclic) bond motifs is 2. The van der Waals surface area contributed by atoms with Crippen LogP contribution >= 0.6 is 0 Å². The molecule has 6 rings (SSSR count). The second-order valence-corrected chi connectivity index (χ2v) is 16.2. The van der Waals surface area contributed by atoms with Crippen LogP contribution in [0.1, 0.15) is 57.1 Å². The Bertz CT molecular complexity index is 1220. The molecule has 5 heteroatoms. The number of hydrogen-bond acceptors (Lipinski definition) is 4. The fraction of sp³-hybridized carbons (Fsp3) is 0.438. The summed E-state index contributed by atoms with van der Waals surface area (Å²) >= 11 is 0. The quantitative estimate of drug-likeness (QED) is 0.288. The summed E-state index contributed by atoms with van der Waals surface area (Å²) in [6.07, 6.45) is 9.97. The molecule has 3 aromatic rings. The van der Waals surface area contributed by atoms with Gasteiger partial charge in [0.2, 0.25) is 0 Å². The molecule has 2 aliphatic carbocycles. The summed E-state index contributed by atoms with van der Waals surface area (Å²) in [4.78, 5) is 0. The standard InChI is InChI=1S/C32H38O4Si/c1-31(2,3)37(24-12-7-5-8-13-24,25-14-9-6-10-15-25)35-19-18-32-20-23-21-34-22-27(23)26-16-11-17-28(32)29(26)36-30(32)33-4/h5-10,12-15,17,21-22,26,29-30H,11,16,18-20H2,1-4H3/t26-,29+,30-,32+/m1/s1. The first kappa shape index (κ1) is 24.9. The largest absolute Gasteiger partial charge is 0.472 e. The first-order valence-electron chi connectivity index (χ1n) is 13.6. The summed E-state index contributed by atoms with van der Waals surface area (Å²) in [5, 5.41) is 2.56. The Kier molecular flexibility index (Phi) is 6.31. The van der Waals surface area contributed by atoms with Gasteiger partial charge in [0, 0.05) is 19.6 Å². The molecule has 1 fully saturated rings. The molecule has 4 nitrogen and oxygen atoms in total. The number of furan rings is 1. The van der Waals surface area contributed by atoms with E-state index in [1.165, 1.54) is 27.1 Å². The van der Waals surface area contributed by atoms with Gasteiger partial charge in [-0.25, -0.2) is 0 Å². The van der Waals surface area contributed by atoms with Crippen LogP contribution in [0.3, 0.4) is 0 Å². The van der Waals surface area contributed by atoms with Crippen LogP contribution in [0.5, 0.6) is 0 Å². The van der Waals surface area contributed by atoms with Gasteiger partial charge in [-0.1, -0.05) is 87.5 Å². The highest BCUT2D eigenvalue weighted by Gasteiger charge is 2.59. The van der Waals surface area contributed by atoms with Crippen LogP contribution in [0.25, 0.3) is 0 Å². The molecule has 3 aliphatic rings. The molecular weight excluding hydrogens is 476 g/mol. The first-order valence-corrected chi connectivity index (χ1v) is 15.5. The topological polar surface area (TPSA) is 40.8 Å². The molecule has 1 aliphatic heterocycles. The summed E-state index contributed by atoms with van der Waals surface area (Å²) in [5.74, 6) is 0.341. The Morgan fingerprint density at radius 1 is 0.973 bits per heavy atom. The zero-order valence-corrected chi connectivity index (χ0v) is 23.4. The molecule has 0 radical (unpaired) electrons. The smallest absolute Gasteiger partial charge is 0.261 e. The van der Waals surface area contributed by atoms with Crippen molar-refractivity contribution >= 4 is 18.7 Å². The monoisotopic (exact) mass is 514 g/mol. The summed E-state index contributed by atoms with van der Waals surface area (Å²) in [6.45, 7) is 7.64. The lowest BCUT2D eigenvalue weighted by Crippen LogP contribution is -2.66. The van der Waals surface area contributed by atoms with Gasteiger partial charge in [-0.05, 0) is 57.8 Å². The van der Waals surface area contributed by atoms with Crippen LogP contribution in [0.2, 0.25) is 5.04 Å². The Hall–Kier alpha value is -2.44. The number of hydrogen-bond donors (Lipinski definition) is 0. The molecule has 0 amide bonds. The van der Waals surface area contributed by atoms with Crippen molar-refractivity contribution in [1.29, 1.82) is 0 Å². The molecule has 1 aromatic heterocycles. The van der Waals surface area contributed by atoms with Crippen LogP contribution in [0.4, 0.5) is 0 Å². The van der Waals surface area contributed by atoms with Gasteiger partial charge in [0.1, 0.15) is 0 Å². The lowest BCUT2D eigenvalue weighted by atomic mass is 9.71. The molecule has 2 aromatic carbocycles. The van der Waals surface area contributed by atoms with Crippen LogP contribution in [-0.4, -0.2) is 34.4 Å². The second kappa shape index (κ2) is 9.39. The Morgan fingerprint density at radius 3 is 2.27 bits per heavy atom. The highest BCUT2D eigenvalue weighted by atomic mass is 28.4. The van der Waals surface area contributed by atoms with E-state index in [-0.39, 0.29) is 22.8 Å². The molecule has 4 atom stereocenters. The Labute approximate surface area is 221 Å². The number of rotatable bonds is 7. The van der Waals surface area contributed by atoms with Crippen LogP contribution < -0.4 is 10.4 Å². The Morgan fingerprint density at radius 2 is 1.65 bits per heavy atom. The minimum Gasteiger partial charge on any atom is -0.472 e. The van der Waals surface area contributed by atoms with Crippen molar-refractivity contribution in [2.24, 2.45) is 5.41 Å². The van der Waals surface area contributed by atoms with E-state index >= 15 is 0 Å². The van der Waals surface area contributed by atoms with Gasteiger partial charge in [-0.2, -0.15) is 0 Å². The lowest BCUT2D eigenvalue weighted by Gasteiger charge is -2.44. The van der Waals surface area contributed by atoms with Gasteiger partial charge >= 0.3 is 0 Å². The maximum Gasteiger partial charge on any atom is 0.261 e. The highest BCUT2D eigenvalue weighted by Crippen LogP contribution is 2.58. The molecule has 0 spiro atoms. The Balaban J connectivity index is 1.40. The molecule has 2 heterocycles. The van der Waals surface area contributed by atoms with Crippen LogP contribution in [0.15, 0.2) is 89.3 Å². The van der Waals surface area contributed by atoms with Gasteiger partial charge in [0.15, 0.2) is 6.29 Å². The second-order valence-electron chi connectivity index (χ2n) is 11.9. The van der Waals surface area contributed by atoms with Crippen LogP contribution in [-0.2, 0) is 20.3 Å². The van der Waals surface area contributed by atoms with E-state index in [4.69, 9.17) is 18.3 Å². The van der Waals surface area contributed by atoms with E-state index in [2.05, 4.69) is 87.5 Å². The minimum absolute atomic E-state index is 0.0564. The van der Waals surface area contributed by atoms with Crippen molar-refractivity contribution < 1.29 is 18.3 Å². The van der Waals surface area contributed by atoms with E-state index in [1.54, 1.807) is 7.11 Å². The van der Waals surface area contributed by atoms with Crippen LogP contribution in [0, 0.1) is 5.41 Å². The number of ether oxygens (including phenoxy) is 2. The summed E-state index contributed by atoms with van der Waals surface area (Å²) in [5.41, 5.74) is 3.78. The van der Waals surface area contributed by atoms with E-state index in [0.29, 0.717) is 12.5 Å². The summed E-state index contributed by atoms with van der Waals surface area (Å²) < 4.78 is 25.8. The molecule has 0 N–H and O–H groups in total. The maximum absolute atomic E-state index is 7.33. The predicted octanol–water partition coefficient (Wildman–Crippen LogP) is 5.96. The third-order valence-corrected chi connectivity index (χ3v) is 14.0. The van der Waals surface area contributed by atoms with Gasteiger partial charge in [0.25, 0.3) is 8.32 Å². The van der Waals surface area contributed by atoms with Gasteiger partial charge in [-0.3, -0.25) is 0 Å². The third kappa shape index (κ3) is 3.82. The molecule has 1 saturated heterocycles. The normalized spacial score (nSPS) is 26.9. The molecule has 194 valence electrons. The van der Waals surface area contributed by atoms with Crippen molar-refractivity contribution in [2.75, 3.05) is 13.7 Å². The van der Waals surface area contributed by atoms with Crippen molar-refractivity contribution in [1.82, 2.24) is 0 Å². The lowest BCUT2D eigenvalue weighted by molar-refractivity contribution is -0.165. The van der Waals surface area contributed by atoms with Gasteiger partial charge < -0.3 is 18.3 Å². The zero-order valence-electron chi connectivity index (χ0n) is 22.4. The van der Waals surface area contributed by atoms with Crippen molar-refractivity contribution in [3.8, 4) is 0 Å². The average Bonchev–Trinajstić information content (AvgIpc) is 3.47. The SMILES string of the molecule is CO[C@@H]1O[C@@H]2C3=CCC[C@@H]2c2cocc2C[C@@]31CCO[Si](c1ccccc1)(c1ccccc1)C(C)(C)C. The number of methoxy groups -OCH3 is 1. The van der Waals surface area contributed by atoms with Gasteiger partial charge in [0.05, 0.1) is 24.0 Å². The summed E-state index contributed by atoms with van der Waals surface area (Å²) in [7, 11) is -0.836. The predicted molar refractivity (Wildman–Crippen MR) is 149 cm³/mol. The number of allylic oxidation sites excluding steroid dienone is 1. The van der Waals surface area contributed by atoms with E-state index < -0.39 is 8.32 Å². The average molecular weight is 515 g/mol. The fourth-order valence-electron chi connectivity index (χ4n) is 7.38.